The summed E-state index contributed by atoms with van der Waals surface area (Å²) in [7, 11) is -3.96. The normalized spacial score (nSPS) is 27.3. The predicted molar refractivity (Wildman–Crippen MR) is 102 cm³/mol. The molecule has 2 aliphatic heterocycles. The number of aliphatic hydroxyl groups is 1. The average Bonchev–Trinajstić information content (AvgIpc) is 2.68. The zero-order chi connectivity index (χ0) is 20.4. The third-order valence-corrected chi connectivity index (χ3v) is 7.89. The highest BCUT2D eigenvalue weighted by Crippen LogP contribution is 2.30. The SMILES string of the molecule is O=C(NO)C1(O)CNCCC1S(=O)(=O)N1CCC(Oc2cccc(Cl)c2)CC1. The molecule has 0 bridgehead atoms. The van der Waals surface area contributed by atoms with Crippen LogP contribution in [0.2, 0.25) is 5.02 Å². The lowest BCUT2D eigenvalue weighted by Gasteiger charge is -2.41. The molecule has 2 heterocycles. The molecule has 1 aromatic rings. The Morgan fingerprint density at radius 2 is 2.04 bits per heavy atom. The summed E-state index contributed by atoms with van der Waals surface area (Å²) in [5.41, 5.74) is -0.860. The number of β-amino-alcohol motifs (C(OH)–C–C–N with tert-alkyl or cyclic N) is 1. The number of benzene rings is 1. The van der Waals surface area contributed by atoms with Crippen molar-refractivity contribution in [1.29, 1.82) is 0 Å². The number of halogens is 1. The van der Waals surface area contributed by atoms with Crippen LogP contribution in [0.3, 0.4) is 0 Å². The second-order valence-corrected chi connectivity index (χ2v) is 9.59. The fourth-order valence-corrected chi connectivity index (χ4v) is 6.06. The lowest BCUT2D eigenvalue weighted by molar-refractivity contribution is -0.150. The second kappa shape index (κ2) is 8.52. The number of nitrogens with zero attached hydrogens (tertiary/aromatic N) is 1. The van der Waals surface area contributed by atoms with Crippen LogP contribution in [0, 0.1) is 0 Å². The van der Waals surface area contributed by atoms with Crippen molar-refractivity contribution in [2.75, 3.05) is 26.2 Å². The summed E-state index contributed by atoms with van der Waals surface area (Å²) in [6.07, 6.45) is 0.853. The van der Waals surface area contributed by atoms with Crippen molar-refractivity contribution in [3.63, 3.8) is 0 Å². The van der Waals surface area contributed by atoms with Crippen molar-refractivity contribution >= 4 is 27.5 Å². The molecule has 0 saturated carbocycles. The van der Waals surface area contributed by atoms with Crippen molar-refractivity contribution in [2.24, 2.45) is 0 Å². The van der Waals surface area contributed by atoms with Crippen molar-refractivity contribution < 1.29 is 28.3 Å². The van der Waals surface area contributed by atoms with Gasteiger partial charge in [-0.1, -0.05) is 17.7 Å². The highest BCUT2D eigenvalue weighted by atomic mass is 35.5. The zero-order valence-corrected chi connectivity index (χ0v) is 16.7. The highest BCUT2D eigenvalue weighted by molar-refractivity contribution is 7.89. The Bertz CT molecular complexity index is 815. The molecule has 0 aliphatic carbocycles. The number of carbonyl (C=O) groups is 1. The number of sulfonamides is 1. The highest BCUT2D eigenvalue weighted by Gasteiger charge is 2.54. The maximum Gasteiger partial charge on any atom is 0.278 e. The van der Waals surface area contributed by atoms with E-state index in [1.165, 1.54) is 9.79 Å². The van der Waals surface area contributed by atoms with E-state index in [0.717, 1.165) is 0 Å². The van der Waals surface area contributed by atoms with Crippen LogP contribution < -0.4 is 15.5 Å². The summed E-state index contributed by atoms with van der Waals surface area (Å²) in [5.74, 6) is -0.506. The van der Waals surface area contributed by atoms with Crippen molar-refractivity contribution in [3.05, 3.63) is 29.3 Å². The minimum absolute atomic E-state index is 0.0607. The maximum atomic E-state index is 13.1. The number of carbonyl (C=O) groups excluding carboxylic acids is 1. The molecule has 4 N–H and O–H groups in total. The molecule has 2 fully saturated rings. The topological polar surface area (TPSA) is 128 Å². The first-order valence-electron chi connectivity index (χ1n) is 9.06. The van der Waals surface area contributed by atoms with Gasteiger partial charge >= 0.3 is 0 Å². The summed E-state index contributed by atoms with van der Waals surface area (Å²) >= 11 is 5.95. The summed E-state index contributed by atoms with van der Waals surface area (Å²) < 4.78 is 33.4. The number of rotatable bonds is 5. The molecule has 2 aliphatic rings. The smallest absolute Gasteiger partial charge is 0.278 e. The van der Waals surface area contributed by atoms with Gasteiger partial charge in [0.15, 0.2) is 5.60 Å². The predicted octanol–water partition coefficient (Wildman–Crippen LogP) is 0.111. The van der Waals surface area contributed by atoms with E-state index in [4.69, 9.17) is 21.5 Å². The third kappa shape index (κ3) is 4.27. The molecule has 1 amide bonds. The van der Waals surface area contributed by atoms with Gasteiger partial charge in [0.05, 0.1) is 0 Å². The number of hydrogen-bond acceptors (Lipinski definition) is 7. The van der Waals surface area contributed by atoms with Crippen LogP contribution in [0.15, 0.2) is 24.3 Å². The van der Waals surface area contributed by atoms with Crippen molar-refractivity contribution in [3.8, 4) is 5.75 Å². The molecule has 0 radical (unpaired) electrons. The van der Waals surface area contributed by atoms with Gasteiger partial charge in [-0.25, -0.2) is 18.2 Å². The Kier molecular flexibility index (Phi) is 6.47. The van der Waals surface area contributed by atoms with E-state index < -0.39 is 26.8 Å². The van der Waals surface area contributed by atoms with Crippen LogP contribution >= 0.6 is 11.6 Å². The molecule has 1 aromatic carbocycles. The first-order valence-corrected chi connectivity index (χ1v) is 10.9. The van der Waals surface area contributed by atoms with Gasteiger partial charge in [-0.15, -0.1) is 0 Å². The van der Waals surface area contributed by atoms with E-state index >= 15 is 0 Å². The van der Waals surface area contributed by atoms with Crippen LogP contribution in [0.4, 0.5) is 0 Å². The number of ether oxygens (including phenoxy) is 1. The van der Waals surface area contributed by atoms with E-state index in [-0.39, 0.29) is 32.2 Å². The van der Waals surface area contributed by atoms with Crippen molar-refractivity contribution in [1.82, 2.24) is 15.1 Å². The molecule has 2 atom stereocenters. The van der Waals surface area contributed by atoms with Crippen LogP contribution in [-0.4, -0.2) is 72.1 Å². The Balaban J connectivity index is 1.67. The summed E-state index contributed by atoms with van der Waals surface area (Å²) in [5, 5.41) is 21.6. The molecular weight excluding hydrogens is 410 g/mol. The first-order chi connectivity index (χ1) is 13.3. The van der Waals surface area contributed by atoms with E-state index in [1.54, 1.807) is 24.3 Å². The van der Waals surface area contributed by atoms with Crippen LogP contribution in [0.1, 0.15) is 19.3 Å². The van der Waals surface area contributed by atoms with Gasteiger partial charge in [0.25, 0.3) is 5.91 Å². The number of hydroxylamine groups is 1. The number of piperidine rings is 2. The summed E-state index contributed by atoms with van der Waals surface area (Å²) in [6.45, 7) is 0.527. The standard InChI is InChI=1S/C17H24ClN3O6S/c18-12-2-1-3-14(10-12)27-13-5-8-21(9-6-13)28(25,26)15-4-7-19-11-17(15,23)16(22)20-24/h1-3,10,13,15,19,23-24H,4-9,11H2,(H,20,22). The quantitative estimate of drug-likeness (QED) is 0.383. The fourth-order valence-electron chi connectivity index (χ4n) is 3.70. The van der Waals surface area contributed by atoms with Gasteiger partial charge in [-0.3, -0.25) is 10.0 Å². The molecule has 3 rings (SSSR count). The lowest BCUT2D eigenvalue weighted by atomic mass is 9.93. The van der Waals surface area contributed by atoms with Crippen LogP contribution in [0.5, 0.6) is 5.75 Å². The van der Waals surface area contributed by atoms with Gasteiger partial charge in [0, 0.05) is 24.7 Å². The third-order valence-electron chi connectivity index (χ3n) is 5.22. The minimum Gasteiger partial charge on any atom is -0.490 e. The maximum absolute atomic E-state index is 13.1. The Morgan fingerprint density at radius 3 is 2.68 bits per heavy atom. The summed E-state index contributed by atoms with van der Waals surface area (Å²) in [6, 6.07) is 7.01. The first kappa shape index (κ1) is 21.3. The molecular formula is C17H24ClN3O6S. The fraction of sp³-hybridized carbons (Fsp3) is 0.588. The van der Waals surface area contributed by atoms with Gasteiger partial charge < -0.3 is 15.2 Å². The van der Waals surface area contributed by atoms with E-state index in [1.807, 2.05) is 0 Å². The minimum atomic E-state index is -3.96. The largest absolute Gasteiger partial charge is 0.490 e. The molecule has 156 valence electrons. The summed E-state index contributed by atoms with van der Waals surface area (Å²) in [4.78, 5) is 11.9. The molecule has 2 saturated heterocycles. The number of hydrogen-bond donors (Lipinski definition) is 4. The van der Waals surface area contributed by atoms with Crippen molar-refractivity contribution in [2.45, 2.75) is 36.2 Å². The van der Waals surface area contributed by atoms with E-state index in [2.05, 4.69) is 5.32 Å². The van der Waals surface area contributed by atoms with Crippen LogP contribution in [-0.2, 0) is 14.8 Å². The molecule has 0 aromatic heterocycles. The Hall–Kier alpha value is -1.43. The van der Waals surface area contributed by atoms with Gasteiger partial charge in [-0.2, -0.15) is 0 Å². The van der Waals surface area contributed by atoms with E-state index in [0.29, 0.717) is 30.2 Å². The van der Waals surface area contributed by atoms with Gasteiger partial charge in [-0.05, 0) is 44.0 Å². The van der Waals surface area contributed by atoms with E-state index in [9.17, 15) is 18.3 Å². The molecule has 11 heteroatoms. The monoisotopic (exact) mass is 433 g/mol. The number of nitrogens with one attached hydrogen (secondary N) is 2. The molecule has 28 heavy (non-hydrogen) atoms. The van der Waals surface area contributed by atoms with Gasteiger partial charge in [0.2, 0.25) is 10.0 Å². The Morgan fingerprint density at radius 1 is 1.32 bits per heavy atom. The zero-order valence-electron chi connectivity index (χ0n) is 15.2. The van der Waals surface area contributed by atoms with Gasteiger partial charge in [0.1, 0.15) is 17.1 Å². The lowest BCUT2D eigenvalue weighted by Crippen LogP contribution is -2.67. The molecule has 9 nitrogen and oxygen atoms in total. The second-order valence-electron chi connectivity index (χ2n) is 7.04. The number of amides is 1. The Labute approximate surface area is 168 Å². The molecule has 0 spiro atoms. The van der Waals surface area contributed by atoms with Crippen LogP contribution in [0.25, 0.3) is 0 Å². The average molecular weight is 434 g/mol. The molecule has 2 unspecified atom stereocenters.